The van der Waals surface area contributed by atoms with Gasteiger partial charge >= 0.3 is 0 Å². The Morgan fingerprint density at radius 2 is 2.21 bits per heavy atom. The first kappa shape index (κ1) is 13.0. The largest absolute Gasteiger partial charge is 0.329 e. The first-order valence-electron chi connectivity index (χ1n) is 5.76. The summed E-state index contributed by atoms with van der Waals surface area (Å²) in [7, 11) is 0. The molecule has 3 rings (SSSR count). The Morgan fingerprint density at radius 1 is 1.37 bits per heavy atom. The van der Waals surface area contributed by atoms with E-state index < -0.39 is 0 Å². The van der Waals surface area contributed by atoms with E-state index in [0.29, 0.717) is 18.7 Å². The molecular weight excluding hydrogens is 423 g/mol. The van der Waals surface area contributed by atoms with Crippen LogP contribution in [0, 0.1) is 3.57 Å². The van der Waals surface area contributed by atoms with Crippen molar-refractivity contribution in [3.05, 3.63) is 44.0 Å². The van der Waals surface area contributed by atoms with Gasteiger partial charge in [-0.05, 0) is 56.7 Å². The van der Waals surface area contributed by atoms with E-state index in [1.807, 2.05) is 22.8 Å². The highest BCUT2D eigenvalue weighted by molar-refractivity contribution is 14.1. The Labute approximate surface area is 132 Å². The van der Waals surface area contributed by atoms with Gasteiger partial charge in [-0.1, -0.05) is 0 Å². The van der Waals surface area contributed by atoms with Gasteiger partial charge in [0.15, 0.2) is 5.82 Å². The summed E-state index contributed by atoms with van der Waals surface area (Å²) >= 11 is 5.65. The van der Waals surface area contributed by atoms with Gasteiger partial charge in [-0.2, -0.15) is 0 Å². The van der Waals surface area contributed by atoms with E-state index in [1.54, 1.807) is 11.2 Å². The van der Waals surface area contributed by atoms with Gasteiger partial charge in [0.2, 0.25) is 0 Å². The lowest BCUT2D eigenvalue weighted by Crippen LogP contribution is -2.38. The van der Waals surface area contributed by atoms with Crippen LogP contribution in [0.1, 0.15) is 16.2 Å². The number of aromatic nitrogens is 3. The number of hydrogen-bond acceptors (Lipinski definition) is 3. The predicted octanol–water partition coefficient (Wildman–Crippen LogP) is 2.30. The molecule has 1 aromatic carbocycles. The van der Waals surface area contributed by atoms with Crippen LogP contribution in [-0.4, -0.2) is 32.1 Å². The van der Waals surface area contributed by atoms with E-state index in [1.165, 1.54) is 0 Å². The van der Waals surface area contributed by atoms with Gasteiger partial charge in [0.05, 0.1) is 12.1 Å². The molecule has 0 unspecified atom stereocenters. The van der Waals surface area contributed by atoms with Crippen LogP contribution >= 0.6 is 38.5 Å². The number of nitrogens with zero attached hydrogens (tertiary/aromatic N) is 4. The lowest BCUT2D eigenvalue weighted by molar-refractivity contribution is 0.0706. The highest BCUT2D eigenvalue weighted by atomic mass is 127. The third-order valence-electron chi connectivity index (χ3n) is 3.08. The van der Waals surface area contributed by atoms with E-state index in [-0.39, 0.29) is 5.91 Å². The number of benzene rings is 1. The molecule has 5 nitrogen and oxygen atoms in total. The molecule has 7 heteroatoms. The molecule has 0 saturated heterocycles. The van der Waals surface area contributed by atoms with E-state index in [9.17, 15) is 4.79 Å². The lowest BCUT2D eigenvalue weighted by Gasteiger charge is -2.27. The number of hydrogen-bond donors (Lipinski definition) is 0. The summed E-state index contributed by atoms with van der Waals surface area (Å²) in [5, 5.41) is 7.90. The van der Waals surface area contributed by atoms with Crippen molar-refractivity contribution in [3.63, 3.8) is 0 Å². The lowest BCUT2D eigenvalue weighted by atomic mass is 10.2. The zero-order chi connectivity index (χ0) is 13.4. The van der Waals surface area contributed by atoms with Crippen LogP contribution in [0.3, 0.4) is 0 Å². The zero-order valence-electron chi connectivity index (χ0n) is 9.88. The van der Waals surface area contributed by atoms with E-state index in [2.05, 4.69) is 48.7 Å². The molecule has 1 amide bonds. The monoisotopic (exact) mass is 432 g/mol. The van der Waals surface area contributed by atoms with Crippen molar-refractivity contribution >= 4 is 44.4 Å². The summed E-state index contributed by atoms with van der Waals surface area (Å²) in [5.41, 5.74) is 0.694. The topological polar surface area (TPSA) is 51.0 Å². The maximum atomic E-state index is 12.5. The van der Waals surface area contributed by atoms with Gasteiger partial charge < -0.3 is 9.47 Å². The van der Waals surface area contributed by atoms with Crippen molar-refractivity contribution in [2.75, 3.05) is 6.54 Å². The van der Waals surface area contributed by atoms with Crippen molar-refractivity contribution in [1.82, 2.24) is 19.7 Å². The van der Waals surface area contributed by atoms with Crippen molar-refractivity contribution < 1.29 is 4.79 Å². The molecule has 0 aliphatic carbocycles. The summed E-state index contributed by atoms with van der Waals surface area (Å²) in [6, 6.07) is 5.77. The summed E-state index contributed by atoms with van der Waals surface area (Å²) in [6.07, 6.45) is 1.71. The van der Waals surface area contributed by atoms with Crippen molar-refractivity contribution in [1.29, 1.82) is 0 Å². The minimum absolute atomic E-state index is 0.0274. The molecule has 1 aliphatic rings. The molecule has 0 N–H and O–H groups in total. The van der Waals surface area contributed by atoms with Gasteiger partial charge in [0.1, 0.15) is 6.33 Å². The fourth-order valence-electron chi connectivity index (χ4n) is 2.07. The average molecular weight is 433 g/mol. The molecule has 0 atom stereocenters. The maximum absolute atomic E-state index is 12.5. The third-order valence-corrected chi connectivity index (χ3v) is 4.45. The van der Waals surface area contributed by atoms with E-state index in [0.717, 1.165) is 20.4 Å². The fourth-order valence-corrected chi connectivity index (χ4v) is 2.98. The second-order valence-corrected chi connectivity index (χ2v) is 6.39. The molecule has 0 radical (unpaired) electrons. The minimum atomic E-state index is 0.0274. The molecule has 98 valence electrons. The van der Waals surface area contributed by atoms with Gasteiger partial charge in [-0.25, -0.2) is 0 Å². The smallest absolute Gasteiger partial charge is 0.255 e. The molecular formula is C12H10BrIN4O. The highest BCUT2D eigenvalue weighted by Crippen LogP contribution is 2.22. The normalized spacial score (nSPS) is 14.3. The van der Waals surface area contributed by atoms with Gasteiger partial charge in [-0.15, -0.1) is 10.2 Å². The number of halogens is 2. The number of rotatable bonds is 1. The summed E-state index contributed by atoms with van der Waals surface area (Å²) in [4.78, 5) is 14.3. The quantitative estimate of drug-likeness (QED) is 0.649. The van der Waals surface area contributed by atoms with Crippen LogP contribution in [0.15, 0.2) is 29.0 Å². The third kappa shape index (κ3) is 2.53. The van der Waals surface area contributed by atoms with Crippen molar-refractivity contribution in [2.45, 2.75) is 13.1 Å². The zero-order valence-corrected chi connectivity index (χ0v) is 13.6. The van der Waals surface area contributed by atoms with Crippen LogP contribution in [0.5, 0.6) is 0 Å². The van der Waals surface area contributed by atoms with Gasteiger partial charge in [0, 0.05) is 21.1 Å². The van der Waals surface area contributed by atoms with Crippen LogP contribution < -0.4 is 0 Å². The van der Waals surface area contributed by atoms with Gasteiger partial charge in [-0.3, -0.25) is 4.79 Å². The fraction of sp³-hybridized carbons (Fsp3) is 0.250. The maximum Gasteiger partial charge on any atom is 0.255 e. The molecule has 0 fully saturated rings. The van der Waals surface area contributed by atoms with Crippen LogP contribution in [0.25, 0.3) is 0 Å². The van der Waals surface area contributed by atoms with Crippen LogP contribution in [0.4, 0.5) is 0 Å². The van der Waals surface area contributed by atoms with Crippen molar-refractivity contribution in [3.8, 4) is 0 Å². The molecule has 0 bridgehead atoms. The number of fused-ring (bicyclic) bond motifs is 1. The van der Waals surface area contributed by atoms with E-state index >= 15 is 0 Å². The average Bonchev–Trinajstić information content (AvgIpc) is 2.88. The Kier molecular flexibility index (Phi) is 3.57. The second-order valence-electron chi connectivity index (χ2n) is 4.29. The van der Waals surface area contributed by atoms with Crippen molar-refractivity contribution in [2.24, 2.45) is 0 Å². The Balaban J connectivity index is 1.87. The molecule has 2 aromatic rings. The number of amides is 1. The molecule has 0 saturated carbocycles. The van der Waals surface area contributed by atoms with Crippen LogP contribution in [0.2, 0.25) is 0 Å². The van der Waals surface area contributed by atoms with Crippen LogP contribution in [-0.2, 0) is 13.1 Å². The Morgan fingerprint density at radius 3 is 3.05 bits per heavy atom. The number of carbonyl (C=O) groups excluding carboxylic acids is 1. The Hall–Kier alpha value is -0.960. The Bertz CT molecular complexity index is 642. The summed E-state index contributed by atoms with van der Waals surface area (Å²) < 4.78 is 3.85. The first-order chi connectivity index (χ1) is 9.15. The standard InChI is InChI=1S/C12H10BrIN4O/c13-10-2-1-8(14)5-9(10)12(19)17-3-4-18-7-15-16-11(18)6-17/h1-2,5,7H,3-4,6H2. The molecule has 1 aromatic heterocycles. The highest BCUT2D eigenvalue weighted by Gasteiger charge is 2.24. The second kappa shape index (κ2) is 5.20. The molecule has 19 heavy (non-hydrogen) atoms. The number of carbonyl (C=O) groups is 1. The minimum Gasteiger partial charge on any atom is -0.329 e. The predicted molar refractivity (Wildman–Crippen MR) is 81.6 cm³/mol. The van der Waals surface area contributed by atoms with E-state index in [4.69, 9.17) is 0 Å². The molecule has 0 spiro atoms. The SMILES string of the molecule is O=C(c1cc(I)ccc1Br)N1CCn2cnnc2C1. The molecule has 1 aliphatic heterocycles. The molecule has 2 heterocycles. The summed E-state index contributed by atoms with van der Waals surface area (Å²) in [5.74, 6) is 0.862. The first-order valence-corrected chi connectivity index (χ1v) is 7.63. The van der Waals surface area contributed by atoms with Gasteiger partial charge in [0.25, 0.3) is 5.91 Å². The summed E-state index contributed by atoms with van der Waals surface area (Å²) in [6.45, 7) is 1.94.